The summed E-state index contributed by atoms with van der Waals surface area (Å²) in [5.41, 5.74) is 4.59. The van der Waals surface area contributed by atoms with E-state index in [1.807, 2.05) is 66.6 Å². The Kier molecular flexibility index (Phi) is 8.53. The number of likely N-dealkylation sites (tertiary alicyclic amines) is 1. The van der Waals surface area contributed by atoms with Crippen LogP contribution in [0.3, 0.4) is 0 Å². The number of rotatable bonds is 8. The largest absolute Gasteiger partial charge is 0.480 e. The number of carboxylic acid groups (broad SMARTS) is 1. The molecule has 236 valence electrons. The van der Waals surface area contributed by atoms with E-state index >= 15 is 0 Å². The van der Waals surface area contributed by atoms with Crippen LogP contribution < -0.4 is 5.32 Å². The van der Waals surface area contributed by atoms with Crippen molar-refractivity contribution >= 4 is 33.4 Å². The van der Waals surface area contributed by atoms with Crippen molar-refractivity contribution < 1.29 is 27.9 Å². The van der Waals surface area contributed by atoms with Crippen LogP contribution >= 0.6 is 0 Å². The van der Waals surface area contributed by atoms with Crippen molar-refractivity contribution in [2.24, 2.45) is 0 Å². The van der Waals surface area contributed by atoms with Crippen LogP contribution in [0.1, 0.15) is 45.5 Å². The van der Waals surface area contributed by atoms with Gasteiger partial charge in [0, 0.05) is 56.0 Å². The number of aryl methyl sites for hydroxylation is 2. The normalized spacial score (nSPS) is 15.6. The number of carboxylic acids is 1. The third kappa shape index (κ3) is 6.33. The Hall–Kier alpha value is -4.76. The van der Waals surface area contributed by atoms with Crippen LogP contribution in [0.5, 0.6) is 0 Å². The molecule has 46 heavy (non-hydrogen) atoms. The van der Waals surface area contributed by atoms with Gasteiger partial charge < -0.3 is 10.4 Å². The van der Waals surface area contributed by atoms with Crippen molar-refractivity contribution in [3.63, 3.8) is 0 Å². The topological polar surface area (TPSA) is 82.5 Å². The maximum atomic E-state index is 14.5. The molecule has 6 nitrogen and oxygen atoms in total. The smallest absolute Gasteiger partial charge is 0.326 e. The predicted octanol–water partition coefficient (Wildman–Crippen LogP) is 7.47. The highest BCUT2D eigenvalue weighted by atomic mass is 19.3. The van der Waals surface area contributed by atoms with Crippen molar-refractivity contribution in [3.05, 3.63) is 113 Å². The van der Waals surface area contributed by atoms with E-state index in [-0.39, 0.29) is 24.8 Å². The van der Waals surface area contributed by atoms with Gasteiger partial charge in [0.1, 0.15) is 11.9 Å². The zero-order valence-electron chi connectivity index (χ0n) is 25.6. The van der Waals surface area contributed by atoms with Gasteiger partial charge in [-0.1, -0.05) is 72.3 Å². The lowest BCUT2D eigenvalue weighted by Gasteiger charge is -2.32. The van der Waals surface area contributed by atoms with Crippen LogP contribution in [0.25, 0.3) is 32.8 Å². The molecule has 0 saturated carbocycles. The molecule has 0 aliphatic carbocycles. The van der Waals surface area contributed by atoms with Gasteiger partial charge in [0.25, 0.3) is 11.8 Å². The fraction of sp³-hybridized carbons (Fsp3) is 0.270. The highest BCUT2D eigenvalue weighted by Gasteiger charge is 2.34. The molecule has 1 aliphatic heterocycles. The third-order valence-corrected chi connectivity index (χ3v) is 8.85. The summed E-state index contributed by atoms with van der Waals surface area (Å²) in [5, 5.41) is 16.1. The van der Waals surface area contributed by atoms with Crippen molar-refractivity contribution in [1.82, 2.24) is 15.2 Å². The average molecular weight is 626 g/mol. The maximum Gasteiger partial charge on any atom is 0.326 e. The quantitative estimate of drug-likeness (QED) is 0.187. The number of carbonyl (C=O) groups is 2. The standard InChI is InChI=1S/C37H34F3N3O3/c1-22-12-13-29-30(18-22)25(21-43-16-14-37(39,40)15-17-43)20-41-34(29)28-10-5-8-26-24(7-4-9-27(26)28)19-32(36(45)46)42-35(44)33-23(2)6-3-11-31(33)38/h3-13,18,20,32H,14-17,19,21H2,1-2H3,(H,42,44)(H,45,46)/t32-/m0/s1. The predicted molar refractivity (Wildman–Crippen MR) is 173 cm³/mol. The Balaban J connectivity index is 1.35. The second-order valence-electron chi connectivity index (χ2n) is 12.1. The number of nitrogens with one attached hydrogen (secondary N) is 1. The number of amides is 1. The molecule has 0 spiro atoms. The minimum atomic E-state index is -2.61. The lowest BCUT2D eigenvalue weighted by Crippen LogP contribution is -2.42. The molecule has 1 aromatic heterocycles. The molecular weight excluding hydrogens is 591 g/mol. The monoisotopic (exact) mass is 625 g/mol. The van der Waals surface area contributed by atoms with Gasteiger partial charge >= 0.3 is 5.97 Å². The van der Waals surface area contributed by atoms with Gasteiger partial charge in [-0.25, -0.2) is 18.0 Å². The van der Waals surface area contributed by atoms with Crippen LogP contribution in [-0.2, 0) is 17.8 Å². The van der Waals surface area contributed by atoms with Gasteiger partial charge in [0.15, 0.2) is 0 Å². The second-order valence-corrected chi connectivity index (χ2v) is 12.1. The molecular formula is C37H34F3N3O3. The third-order valence-electron chi connectivity index (χ3n) is 8.85. The molecule has 2 heterocycles. The average Bonchev–Trinajstić information content (AvgIpc) is 3.01. The number of carbonyl (C=O) groups excluding carboxylic acids is 1. The molecule has 0 bridgehead atoms. The summed E-state index contributed by atoms with van der Waals surface area (Å²) < 4.78 is 42.0. The van der Waals surface area contributed by atoms with Gasteiger partial charge in [0.2, 0.25) is 0 Å². The molecule has 2 N–H and O–H groups in total. The van der Waals surface area contributed by atoms with E-state index in [0.29, 0.717) is 30.8 Å². The van der Waals surface area contributed by atoms with Crippen LogP contribution in [0.4, 0.5) is 13.2 Å². The first-order valence-electron chi connectivity index (χ1n) is 15.3. The number of halogens is 3. The number of piperidine rings is 1. The van der Waals surface area contributed by atoms with Gasteiger partial charge in [-0.05, 0) is 52.8 Å². The molecule has 4 aromatic carbocycles. The number of nitrogens with zero attached hydrogens (tertiary/aromatic N) is 2. The Labute approximate surface area is 264 Å². The highest BCUT2D eigenvalue weighted by Crippen LogP contribution is 2.36. The molecule has 6 rings (SSSR count). The van der Waals surface area contributed by atoms with Gasteiger partial charge in [-0.15, -0.1) is 0 Å². The Morgan fingerprint density at radius 1 is 0.913 bits per heavy atom. The number of hydrogen-bond donors (Lipinski definition) is 2. The van der Waals surface area contributed by atoms with Crippen molar-refractivity contribution in [3.8, 4) is 11.3 Å². The summed E-state index contributed by atoms with van der Waals surface area (Å²) >= 11 is 0. The first kappa shape index (κ1) is 31.2. The second kappa shape index (κ2) is 12.6. The van der Waals surface area contributed by atoms with Crippen LogP contribution in [0.15, 0.2) is 79.0 Å². The molecule has 5 aromatic rings. The lowest BCUT2D eigenvalue weighted by atomic mass is 9.92. The van der Waals surface area contributed by atoms with Crippen molar-refractivity contribution in [1.29, 1.82) is 0 Å². The number of benzene rings is 4. The number of aromatic nitrogens is 1. The first-order chi connectivity index (χ1) is 22.0. The van der Waals surface area contributed by atoms with Gasteiger partial charge in [0.05, 0.1) is 11.3 Å². The Morgan fingerprint density at radius 2 is 1.63 bits per heavy atom. The number of pyridine rings is 1. The summed E-state index contributed by atoms with van der Waals surface area (Å²) in [7, 11) is 0. The van der Waals surface area contributed by atoms with Crippen molar-refractivity contribution in [2.45, 2.75) is 51.6 Å². The molecule has 9 heteroatoms. The van der Waals surface area contributed by atoms with Crippen LogP contribution in [-0.4, -0.2) is 51.9 Å². The summed E-state index contributed by atoms with van der Waals surface area (Å²) in [6.45, 7) is 4.79. The van der Waals surface area contributed by atoms with Crippen LogP contribution in [0.2, 0.25) is 0 Å². The van der Waals surface area contributed by atoms with E-state index in [1.165, 1.54) is 12.1 Å². The maximum absolute atomic E-state index is 14.5. The molecule has 1 atom stereocenters. The molecule has 1 fully saturated rings. The molecule has 1 amide bonds. The van der Waals surface area contributed by atoms with Gasteiger partial charge in [-0.2, -0.15) is 0 Å². The lowest BCUT2D eigenvalue weighted by molar-refractivity contribution is -0.139. The summed E-state index contributed by atoms with van der Waals surface area (Å²) in [4.78, 5) is 32.2. The number of alkyl halides is 2. The zero-order chi connectivity index (χ0) is 32.6. The van der Waals surface area contributed by atoms with E-state index in [1.54, 1.807) is 13.0 Å². The molecule has 1 saturated heterocycles. The Morgan fingerprint density at radius 3 is 2.37 bits per heavy atom. The number of hydrogen-bond acceptors (Lipinski definition) is 4. The summed E-state index contributed by atoms with van der Waals surface area (Å²) in [5.74, 6) is -5.34. The minimum Gasteiger partial charge on any atom is -0.480 e. The van der Waals surface area contributed by atoms with E-state index in [4.69, 9.17) is 4.98 Å². The van der Waals surface area contributed by atoms with E-state index in [0.717, 1.165) is 43.9 Å². The molecule has 0 unspecified atom stereocenters. The van der Waals surface area contributed by atoms with E-state index in [9.17, 15) is 27.9 Å². The SMILES string of the molecule is Cc1ccc2c(-c3cccc4c(C[C@H](NC(=O)c5c(C)cccc5F)C(=O)O)cccc34)ncc(CN3CCC(F)(F)CC3)c2c1. The van der Waals surface area contributed by atoms with Gasteiger partial charge in [-0.3, -0.25) is 14.7 Å². The summed E-state index contributed by atoms with van der Waals surface area (Å²) in [6.07, 6.45) is 1.51. The Bertz CT molecular complexity index is 1950. The van der Waals surface area contributed by atoms with Crippen molar-refractivity contribution in [2.75, 3.05) is 13.1 Å². The molecule has 0 radical (unpaired) electrons. The fourth-order valence-electron chi connectivity index (χ4n) is 6.36. The molecule has 1 aliphatic rings. The van der Waals surface area contributed by atoms with E-state index in [2.05, 4.69) is 11.4 Å². The first-order valence-corrected chi connectivity index (χ1v) is 15.3. The number of fused-ring (bicyclic) bond motifs is 2. The minimum absolute atomic E-state index is 0.0173. The number of aliphatic carboxylic acids is 1. The van der Waals surface area contributed by atoms with Crippen LogP contribution in [0, 0.1) is 19.7 Å². The fourth-order valence-corrected chi connectivity index (χ4v) is 6.36. The summed E-state index contributed by atoms with van der Waals surface area (Å²) in [6, 6.07) is 20.5. The highest BCUT2D eigenvalue weighted by molar-refractivity contribution is 6.05. The zero-order valence-corrected chi connectivity index (χ0v) is 25.6. The van der Waals surface area contributed by atoms with E-state index < -0.39 is 29.7 Å².